The summed E-state index contributed by atoms with van der Waals surface area (Å²) in [6.45, 7) is 0.731. The van der Waals surface area contributed by atoms with E-state index in [1.807, 2.05) is 0 Å². The van der Waals surface area contributed by atoms with Crippen LogP contribution in [0.15, 0.2) is 24.3 Å². The molecule has 3 rings (SSSR count). The smallest absolute Gasteiger partial charge is 0.412 e. The highest BCUT2D eigenvalue weighted by molar-refractivity contribution is 5.84. The molecule has 1 aromatic rings. The first kappa shape index (κ1) is 14.1. The zero-order valence-corrected chi connectivity index (χ0v) is 11.7. The molecule has 2 aliphatic heterocycles. The Balaban J connectivity index is 1.54. The molecule has 1 aromatic carbocycles. The van der Waals surface area contributed by atoms with Gasteiger partial charge in [0.25, 0.3) is 0 Å². The lowest BCUT2D eigenvalue weighted by atomic mass is 10.1. The topological polar surface area (TPSA) is 92.0 Å². The molecular weight excluding hydrogens is 276 g/mol. The summed E-state index contributed by atoms with van der Waals surface area (Å²) in [6.07, 6.45) is -1.44. The molecule has 2 aliphatic rings. The number of benzene rings is 1. The maximum Gasteiger partial charge on any atom is 0.412 e. The molecule has 0 unspecified atom stereocenters. The number of nitrogens with one attached hydrogen (secondary N) is 1. The average molecular weight is 294 g/mol. The van der Waals surface area contributed by atoms with Gasteiger partial charge in [0.1, 0.15) is 18.0 Å². The lowest BCUT2D eigenvalue weighted by Crippen LogP contribution is -2.38. The lowest BCUT2D eigenvalue weighted by Gasteiger charge is -2.17. The molecule has 0 saturated carbocycles. The fourth-order valence-corrected chi connectivity index (χ4v) is 2.55. The van der Waals surface area contributed by atoms with Crippen LogP contribution < -0.4 is 15.8 Å². The second-order valence-corrected chi connectivity index (χ2v) is 5.06. The van der Waals surface area contributed by atoms with Crippen LogP contribution in [0, 0.1) is 0 Å². The predicted molar refractivity (Wildman–Crippen MR) is 74.3 cm³/mol. The number of carbonyl (C=O) groups is 1. The Kier molecular flexibility index (Phi) is 3.96. The second-order valence-electron chi connectivity index (χ2n) is 5.06. The van der Waals surface area contributed by atoms with E-state index in [1.165, 1.54) is 0 Å². The Morgan fingerprint density at radius 1 is 1.24 bits per heavy atom. The van der Waals surface area contributed by atoms with Crippen molar-refractivity contribution in [3.8, 4) is 5.75 Å². The summed E-state index contributed by atoms with van der Waals surface area (Å²) < 4.78 is 21.4. The Hall–Kier alpha value is -1.83. The van der Waals surface area contributed by atoms with E-state index in [-0.39, 0.29) is 18.2 Å². The number of hydrogen-bond acceptors (Lipinski definition) is 6. The van der Waals surface area contributed by atoms with Crippen LogP contribution in [0.3, 0.4) is 0 Å². The molecule has 2 fully saturated rings. The zero-order valence-electron chi connectivity index (χ0n) is 11.7. The molecule has 1 amide bonds. The van der Waals surface area contributed by atoms with Gasteiger partial charge >= 0.3 is 6.09 Å². The van der Waals surface area contributed by atoms with Crippen molar-refractivity contribution in [2.24, 2.45) is 5.73 Å². The van der Waals surface area contributed by atoms with E-state index >= 15 is 0 Å². The first-order valence-electron chi connectivity index (χ1n) is 6.78. The summed E-state index contributed by atoms with van der Waals surface area (Å²) in [4.78, 5) is 11.9. The van der Waals surface area contributed by atoms with Crippen LogP contribution in [0.1, 0.15) is 0 Å². The van der Waals surface area contributed by atoms with Gasteiger partial charge in [0, 0.05) is 5.69 Å². The Labute approximate surface area is 122 Å². The molecule has 21 heavy (non-hydrogen) atoms. The van der Waals surface area contributed by atoms with Gasteiger partial charge in [-0.2, -0.15) is 0 Å². The van der Waals surface area contributed by atoms with Crippen LogP contribution in [0.2, 0.25) is 0 Å². The van der Waals surface area contributed by atoms with Crippen molar-refractivity contribution in [1.29, 1.82) is 0 Å². The summed E-state index contributed by atoms with van der Waals surface area (Å²) in [5.41, 5.74) is 6.47. The van der Waals surface area contributed by atoms with Crippen molar-refractivity contribution in [1.82, 2.24) is 0 Å². The maximum atomic E-state index is 11.9. The van der Waals surface area contributed by atoms with Gasteiger partial charge in [0.15, 0.2) is 6.10 Å². The molecule has 0 aromatic heterocycles. The first-order chi connectivity index (χ1) is 10.2. The number of anilines is 1. The summed E-state index contributed by atoms with van der Waals surface area (Å²) in [5, 5.41) is 2.65. The van der Waals surface area contributed by atoms with Gasteiger partial charge in [-0.05, 0) is 24.3 Å². The normalized spacial score (nSPS) is 30.8. The third-order valence-electron chi connectivity index (χ3n) is 3.64. The molecule has 114 valence electrons. The van der Waals surface area contributed by atoms with Crippen LogP contribution in [-0.2, 0) is 14.2 Å². The molecule has 4 atom stereocenters. The summed E-state index contributed by atoms with van der Waals surface area (Å²) in [6, 6.07) is 6.81. The van der Waals surface area contributed by atoms with Crippen molar-refractivity contribution in [2.45, 2.75) is 24.4 Å². The van der Waals surface area contributed by atoms with Crippen molar-refractivity contribution in [2.75, 3.05) is 25.6 Å². The quantitative estimate of drug-likeness (QED) is 0.854. The van der Waals surface area contributed by atoms with E-state index < -0.39 is 12.2 Å². The number of methoxy groups -OCH3 is 1. The monoisotopic (exact) mass is 294 g/mol. The number of hydrogen-bond donors (Lipinski definition) is 2. The predicted octanol–water partition coefficient (Wildman–Crippen LogP) is 0.737. The number of amides is 1. The van der Waals surface area contributed by atoms with E-state index in [2.05, 4.69) is 5.32 Å². The van der Waals surface area contributed by atoms with Crippen LogP contribution in [0.5, 0.6) is 5.75 Å². The molecule has 7 heteroatoms. The molecular formula is C14H18N2O5. The van der Waals surface area contributed by atoms with Crippen molar-refractivity contribution in [3.63, 3.8) is 0 Å². The van der Waals surface area contributed by atoms with Crippen LogP contribution in [0.4, 0.5) is 10.5 Å². The van der Waals surface area contributed by atoms with E-state index in [9.17, 15) is 4.79 Å². The van der Waals surface area contributed by atoms with Gasteiger partial charge < -0.3 is 24.7 Å². The van der Waals surface area contributed by atoms with Gasteiger partial charge in [-0.1, -0.05) is 0 Å². The van der Waals surface area contributed by atoms with Crippen LogP contribution in [-0.4, -0.2) is 50.8 Å². The highest BCUT2D eigenvalue weighted by Crippen LogP contribution is 2.28. The molecule has 3 N–H and O–H groups in total. The second kappa shape index (κ2) is 5.88. The van der Waals surface area contributed by atoms with Crippen LogP contribution in [0.25, 0.3) is 0 Å². The van der Waals surface area contributed by atoms with E-state index in [4.69, 9.17) is 24.7 Å². The van der Waals surface area contributed by atoms with E-state index in [1.54, 1.807) is 31.4 Å². The zero-order chi connectivity index (χ0) is 14.8. The highest BCUT2D eigenvalue weighted by Gasteiger charge is 2.48. The molecule has 0 aliphatic carbocycles. The fourth-order valence-electron chi connectivity index (χ4n) is 2.55. The lowest BCUT2D eigenvalue weighted by molar-refractivity contribution is 0.00899. The minimum Gasteiger partial charge on any atom is -0.497 e. The summed E-state index contributed by atoms with van der Waals surface area (Å²) in [5.74, 6) is 0.717. The maximum absolute atomic E-state index is 11.9. The first-order valence-corrected chi connectivity index (χ1v) is 6.78. The number of nitrogens with two attached hydrogens (primary N) is 1. The van der Waals surface area contributed by atoms with Gasteiger partial charge in [0.05, 0.1) is 26.4 Å². The SMILES string of the molecule is COc1ccc(NC(=O)O[C@@H]2CO[C@H]3[C@@H]2OC[C@@H]3N)cc1. The molecule has 7 nitrogen and oxygen atoms in total. The number of fused-ring (bicyclic) bond motifs is 1. The Bertz CT molecular complexity index is 507. The minimum atomic E-state index is -0.543. The van der Waals surface area contributed by atoms with Crippen molar-refractivity contribution >= 4 is 11.8 Å². The standard InChI is InChI=1S/C14H18N2O5/c1-18-9-4-2-8(3-5-9)16-14(17)21-11-7-20-12-10(15)6-19-13(11)12/h2-5,10-13H,6-7,15H2,1H3,(H,16,17)/t10-,11+,12+,13+/m0/s1. The fraction of sp³-hybridized carbons (Fsp3) is 0.500. The molecule has 0 spiro atoms. The average Bonchev–Trinajstić information content (AvgIpc) is 3.04. The summed E-state index contributed by atoms with van der Waals surface area (Å²) in [7, 11) is 1.58. The van der Waals surface area contributed by atoms with E-state index in [0.717, 1.165) is 0 Å². The van der Waals surface area contributed by atoms with Gasteiger partial charge in [-0.25, -0.2) is 4.79 Å². The third kappa shape index (κ3) is 2.94. The Morgan fingerprint density at radius 2 is 1.95 bits per heavy atom. The van der Waals surface area contributed by atoms with Gasteiger partial charge in [-0.15, -0.1) is 0 Å². The number of carbonyl (C=O) groups excluding carboxylic acids is 1. The number of rotatable bonds is 3. The van der Waals surface area contributed by atoms with Gasteiger partial charge in [0.2, 0.25) is 0 Å². The summed E-state index contributed by atoms with van der Waals surface area (Å²) >= 11 is 0. The van der Waals surface area contributed by atoms with E-state index in [0.29, 0.717) is 24.7 Å². The Morgan fingerprint density at radius 3 is 2.67 bits per heavy atom. The largest absolute Gasteiger partial charge is 0.497 e. The molecule has 0 radical (unpaired) electrons. The van der Waals surface area contributed by atoms with Gasteiger partial charge in [-0.3, -0.25) is 5.32 Å². The number of ether oxygens (including phenoxy) is 4. The molecule has 2 saturated heterocycles. The van der Waals surface area contributed by atoms with Crippen molar-refractivity contribution in [3.05, 3.63) is 24.3 Å². The minimum absolute atomic E-state index is 0.159. The third-order valence-corrected chi connectivity index (χ3v) is 3.64. The van der Waals surface area contributed by atoms with Crippen LogP contribution >= 0.6 is 0 Å². The molecule has 0 bridgehead atoms. The highest BCUT2D eigenvalue weighted by atomic mass is 16.6. The molecule has 2 heterocycles. The van der Waals surface area contributed by atoms with Crippen molar-refractivity contribution < 1.29 is 23.7 Å².